The molecule has 1 aromatic carbocycles. The maximum atomic E-state index is 9.32. The molecule has 1 aromatic rings. The van der Waals surface area contributed by atoms with Gasteiger partial charge in [-0.15, -0.1) is 0 Å². The van der Waals surface area contributed by atoms with E-state index in [-0.39, 0.29) is 17.6 Å². The average Bonchev–Trinajstić information content (AvgIpc) is 2.98. The lowest BCUT2D eigenvalue weighted by Gasteiger charge is -2.20. The monoisotopic (exact) mass is 219 g/mol. The van der Waals surface area contributed by atoms with Crippen molar-refractivity contribution in [2.45, 2.75) is 50.7 Å². The molecule has 1 aliphatic rings. The van der Waals surface area contributed by atoms with Crippen molar-refractivity contribution in [3.05, 3.63) is 35.4 Å². The predicted octanol–water partition coefficient (Wildman–Crippen LogP) is 1.99. The molecule has 2 nitrogen and oxygen atoms in total. The van der Waals surface area contributed by atoms with Crippen molar-refractivity contribution < 1.29 is 5.11 Å². The lowest BCUT2D eigenvalue weighted by molar-refractivity contribution is 0.195. The van der Waals surface area contributed by atoms with E-state index in [9.17, 15) is 5.11 Å². The third-order valence-electron chi connectivity index (χ3n) is 3.72. The second-order valence-corrected chi connectivity index (χ2v) is 5.19. The summed E-state index contributed by atoms with van der Waals surface area (Å²) in [6, 6.07) is 8.81. The number of benzene rings is 1. The van der Waals surface area contributed by atoms with Crippen LogP contribution in [-0.2, 0) is 11.8 Å². The van der Waals surface area contributed by atoms with Gasteiger partial charge in [-0.05, 0) is 44.2 Å². The van der Waals surface area contributed by atoms with E-state index >= 15 is 0 Å². The Hall–Kier alpha value is -0.860. The Balaban J connectivity index is 2.14. The first-order valence-electron chi connectivity index (χ1n) is 6.08. The van der Waals surface area contributed by atoms with Crippen LogP contribution in [0.2, 0.25) is 0 Å². The zero-order chi connectivity index (χ0) is 11.8. The molecule has 2 atom stereocenters. The second kappa shape index (κ2) is 4.19. The molecular formula is C14H21NO. The lowest BCUT2D eigenvalue weighted by atomic mass is 9.88. The number of hydrogen-bond acceptors (Lipinski definition) is 2. The first-order valence-corrected chi connectivity index (χ1v) is 6.08. The quantitative estimate of drug-likeness (QED) is 0.813. The van der Waals surface area contributed by atoms with E-state index in [0.717, 1.165) is 6.42 Å². The van der Waals surface area contributed by atoms with E-state index in [1.807, 2.05) is 6.92 Å². The van der Waals surface area contributed by atoms with Crippen molar-refractivity contribution in [1.29, 1.82) is 0 Å². The molecular weight excluding hydrogens is 198 g/mol. The number of nitrogens with two attached hydrogens (primary N) is 1. The van der Waals surface area contributed by atoms with Crippen LogP contribution in [-0.4, -0.2) is 17.3 Å². The summed E-state index contributed by atoms with van der Waals surface area (Å²) in [6.45, 7) is 3.91. The highest BCUT2D eigenvalue weighted by atomic mass is 16.3. The van der Waals surface area contributed by atoms with E-state index in [2.05, 4.69) is 31.2 Å². The molecule has 88 valence electrons. The normalized spacial score (nSPS) is 21.5. The molecule has 0 spiro atoms. The van der Waals surface area contributed by atoms with Crippen molar-refractivity contribution in [2.24, 2.45) is 5.73 Å². The average molecular weight is 219 g/mol. The Morgan fingerprint density at radius 1 is 1.25 bits per heavy atom. The fourth-order valence-electron chi connectivity index (χ4n) is 2.46. The Morgan fingerprint density at radius 3 is 2.19 bits per heavy atom. The molecule has 16 heavy (non-hydrogen) atoms. The first-order chi connectivity index (χ1) is 7.54. The molecule has 1 saturated carbocycles. The predicted molar refractivity (Wildman–Crippen MR) is 66.4 cm³/mol. The molecule has 1 aliphatic carbocycles. The van der Waals surface area contributed by atoms with Crippen LogP contribution in [0.1, 0.15) is 37.8 Å². The van der Waals surface area contributed by atoms with Crippen molar-refractivity contribution in [3.8, 4) is 0 Å². The molecule has 2 heteroatoms. The molecule has 1 fully saturated rings. The molecule has 2 unspecified atom stereocenters. The van der Waals surface area contributed by atoms with Gasteiger partial charge in [0.15, 0.2) is 0 Å². The van der Waals surface area contributed by atoms with Crippen molar-refractivity contribution in [1.82, 2.24) is 0 Å². The van der Waals surface area contributed by atoms with Crippen LogP contribution in [0.3, 0.4) is 0 Å². The standard InChI is InChI=1S/C14H21NO/c1-10(16)9-12-3-5-13(6-4-12)14(7-8-14)11(2)15/h3-6,10-11,16H,7-9,15H2,1-2H3. The molecule has 0 aliphatic heterocycles. The Kier molecular flexibility index (Phi) is 3.04. The maximum absolute atomic E-state index is 9.32. The first kappa shape index (κ1) is 11.6. The summed E-state index contributed by atoms with van der Waals surface area (Å²) in [5.74, 6) is 0. The van der Waals surface area contributed by atoms with Crippen LogP contribution in [0.5, 0.6) is 0 Å². The molecule has 0 saturated heterocycles. The highest BCUT2D eigenvalue weighted by Gasteiger charge is 2.47. The number of rotatable bonds is 4. The highest BCUT2D eigenvalue weighted by molar-refractivity contribution is 5.35. The second-order valence-electron chi connectivity index (χ2n) is 5.19. The van der Waals surface area contributed by atoms with Crippen LogP contribution < -0.4 is 5.73 Å². The van der Waals surface area contributed by atoms with Crippen LogP contribution in [0.4, 0.5) is 0 Å². The fraction of sp³-hybridized carbons (Fsp3) is 0.571. The van der Waals surface area contributed by atoms with Gasteiger partial charge < -0.3 is 10.8 Å². The molecule has 0 bridgehead atoms. The zero-order valence-corrected chi connectivity index (χ0v) is 10.1. The molecule has 2 rings (SSSR count). The van der Waals surface area contributed by atoms with Crippen molar-refractivity contribution in [3.63, 3.8) is 0 Å². The van der Waals surface area contributed by atoms with E-state index in [1.54, 1.807) is 0 Å². The van der Waals surface area contributed by atoms with Gasteiger partial charge in [0, 0.05) is 11.5 Å². The van der Waals surface area contributed by atoms with Gasteiger partial charge >= 0.3 is 0 Å². The summed E-state index contributed by atoms with van der Waals surface area (Å²) in [4.78, 5) is 0. The maximum Gasteiger partial charge on any atom is 0.0552 e. The summed E-state index contributed by atoms with van der Waals surface area (Å²) in [6.07, 6.45) is 2.88. The Labute approximate surface area is 97.5 Å². The molecule has 0 amide bonds. The smallest absolute Gasteiger partial charge is 0.0552 e. The lowest BCUT2D eigenvalue weighted by Crippen LogP contribution is -2.31. The summed E-state index contributed by atoms with van der Waals surface area (Å²) in [5.41, 5.74) is 8.83. The molecule has 0 heterocycles. The third kappa shape index (κ3) is 2.13. The van der Waals surface area contributed by atoms with Gasteiger partial charge in [-0.1, -0.05) is 24.3 Å². The van der Waals surface area contributed by atoms with Gasteiger partial charge in [0.25, 0.3) is 0 Å². The minimum atomic E-state index is -0.269. The SMILES string of the molecule is CC(O)Cc1ccc(C2(C(C)N)CC2)cc1. The minimum Gasteiger partial charge on any atom is -0.393 e. The van der Waals surface area contributed by atoms with Gasteiger partial charge in [-0.3, -0.25) is 0 Å². The van der Waals surface area contributed by atoms with Gasteiger partial charge in [-0.2, -0.15) is 0 Å². The Bertz CT molecular complexity index is 350. The summed E-state index contributed by atoms with van der Waals surface area (Å²) >= 11 is 0. The van der Waals surface area contributed by atoms with E-state index in [1.165, 1.54) is 24.0 Å². The molecule has 0 aromatic heterocycles. The summed E-state index contributed by atoms with van der Waals surface area (Å²) in [5, 5.41) is 9.32. The van der Waals surface area contributed by atoms with E-state index in [4.69, 9.17) is 5.73 Å². The van der Waals surface area contributed by atoms with E-state index < -0.39 is 0 Å². The fourth-order valence-corrected chi connectivity index (χ4v) is 2.46. The Morgan fingerprint density at radius 2 is 1.81 bits per heavy atom. The largest absolute Gasteiger partial charge is 0.393 e. The van der Waals surface area contributed by atoms with Gasteiger partial charge in [0.1, 0.15) is 0 Å². The number of aliphatic hydroxyl groups excluding tert-OH is 1. The minimum absolute atomic E-state index is 0.232. The summed E-state index contributed by atoms with van der Waals surface area (Å²) < 4.78 is 0. The van der Waals surface area contributed by atoms with Gasteiger partial charge in [0.05, 0.1) is 6.10 Å². The van der Waals surface area contributed by atoms with Gasteiger partial charge in [0.2, 0.25) is 0 Å². The van der Waals surface area contributed by atoms with Crippen LogP contribution in [0, 0.1) is 0 Å². The van der Waals surface area contributed by atoms with Crippen LogP contribution >= 0.6 is 0 Å². The summed E-state index contributed by atoms with van der Waals surface area (Å²) in [7, 11) is 0. The molecule has 3 N–H and O–H groups in total. The number of aliphatic hydroxyl groups is 1. The topological polar surface area (TPSA) is 46.2 Å². The van der Waals surface area contributed by atoms with Crippen LogP contribution in [0.15, 0.2) is 24.3 Å². The van der Waals surface area contributed by atoms with Crippen molar-refractivity contribution in [2.75, 3.05) is 0 Å². The third-order valence-corrected chi connectivity index (χ3v) is 3.72. The zero-order valence-electron chi connectivity index (χ0n) is 10.1. The van der Waals surface area contributed by atoms with E-state index in [0.29, 0.717) is 0 Å². The van der Waals surface area contributed by atoms with Gasteiger partial charge in [-0.25, -0.2) is 0 Å². The van der Waals surface area contributed by atoms with Crippen LogP contribution in [0.25, 0.3) is 0 Å². The number of hydrogen-bond donors (Lipinski definition) is 2. The molecule has 0 radical (unpaired) electrons. The highest BCUT2D eigenvalue weighted by Crippen LogP contribution is 2.50. The van der Waals surface area contributed by atoms with Crippen molar-refractivity contribution >= 4 is 0 Å².